The number of benzene rings is 2. The topological polar surface area (TPSA) is 14.2 Å². The predicted octanol–water partition coefficient (Wildman–Crippen LogP) is 4.60. The molecule has 21 heavy (non-hydrogen) atoms. The van der Waals surface area contributed by atoms with Gasteiger partial charge in [0.05, 0.1) is 0 Å². The van der Waals surface area contributed by atoms with E-state index in [0.29, 0.717) is 6.54 Å². The van der Waals surface area contributed by atoms with Crippen LogP contribution in [0.3, 0.4) is 0 Å². The molecule has 2 aromatic carbocycles. The number of nitrogens with zero attached hydrogens (tertiary/aromatic N) is 1. The Kier molecular flexibility index (Phi) is 3.60. The molecule has 0 spiro atoms. The Hall–Kier alpha value is -2.36. The smallest absolute Gasteiger partial charge is 0.387 e. The van der Waals surface area contributed by atoms with Crippen molar-refractivity contribution in [3.05, 3.63) is 65.9 Å². The minimum Gasteiger partial charge on any atom is -0.435 e. The lowest BCUT2D eigenvalue weighted by Gasteiger charge is -2.09. The highest BCUT2D eigenvalue weighted by Gasteiger charge is 2.06. The van der Waals surface area contributed by atoms with Crippen molar-refractivity contribution < 1.29 is 13.5 Å². The van der Waals surface area contributed by atoms with Crippen LogP contribution in [0.25, 0.3) is 10.9 Å². The number of aromatic nitrogens is 1. The average Bonchev–Trinajstić information content (AvgIpc) is 2.80. The minimum absolute atomic E-state index is 0.190. The summed E-state index contributed by atoms with van der Waals surface area (Å²) in [5.41, 5.74) is 3.26. The first-order valence-corrected chi connectivity index (χ1v) is 6.71. The lowest BCUT2D eigenvalue weighted by molar-refractivity contribution is -0.0498. The number of aryl methyl sites for hydroxylation is 1. The van der Waals surface area contributed by atoms with E-state index >= 15 is 0 Å². The highest BCUT2D eigenvalue weighted by atomic mass is 19.3. The van der Waals surface area contributed by atoms with Gasteiger partial charge in [-0.3, -0.25) is 0 Å². The molecule has 0 aliphatic heterocycles. The summed E-state index contributed by atoms with van der Waals surface area (Å²) in [6, 6.07) is 15.1. The Balaban J connectivity index is 1.88. The largest absolute Gasteiger partial charge is 0.435 e. The summed E-state index contributed by atoms with van der Waals surface area (Å²) in [6.45, 7) is -0.120. The number of alkyl halides is 2. The van der Waals surface area contributed by atoms with Crippen LogP contribution >= 0.6 is 0 Å². The molecule has 0 bridgehead atoms. The Morgan fingerprint density at radius 2 is 1.95 bits per heavy atom. The molecule has 3 rings (SSSR count). The quantitative estimate of drug-likeness (QED) is 0.684. The van der Waals surface area contributed by atoms with E-state index in [9.17, 15) is 8.78 Å². The molecule has 0 N–H and O–H groups in total. The molecular weight excluding hydrogens is 272 g/mol. The first-order valence-electron chi connectivity index (χ1n) is 6.71. The van der Waals surface area contributed by atoms with Gasteiger partial charge in [0.1, 0.15) is 5.75 Å². The van der Waals surface area contributed by atoms with E-state index in [1.807, 2.05) is 12.3 Å². The molecule has 0 radical (unpaired) electrons. The van der Waals surface area contributed by atoms with Crippen LogP contribution in [0.5, 0.6) is 5.75 Å². The first-order chi connectivity index (χ1) is 10.1. The summed E-state index contributed by atoms with van der Waals surface area (Å²) in [7, 11) is 0. The van der Waals surface area contributed by atoms with E-state index < -0.39 is 6.61 Å². The maximum Gasteiger partial charge on any atom is 0.387 e. The number of hydrogen-bond donors (Lipinski definition) is 0. The van der Waals surface area contributed by atoms with Crippen LogP contribution in [-0.2, 0) is 6.54 Å². The number of fused-ring (bicyclic) bond motifs is 1. The Morgan fingerprint density at radius 1 is 1.10 bits per heavy atom. The van der Waals surface area contributed by atoms with Crippen molar-refractivity contribution in [1.82, 2.24) is 4.57 Å². The number of halogens is 2. The predicted molar refractivity (Wildman–Crippen MR) is 78.9 cm³/mol. The normalized spacial score (nSPS) is 11.2. The number of ether oxygens (including phenoxy) is 1. The maximum absolute atomic E-state index is 12.2. The summed E-state index contributed by atoms with van der Waals surface area (Å²) in [5.74, 6) is 0.190. The third kappa shape index (κ3) is 3.05. The Labute approximate surface area is 121 Å². The van der Waals surface area contributed by atoms with Gasteiger partial charge in [0.15, 0.2) is 0 Å². The van der Waals surface area contributed by atoms with Crippen LogP contribution in [0.1, 0.15) is 11.1 Å². The second kappa shape index (κ2) is 5.56. The molecule has 1 heterocycles. The van der Waals surface area contributed by atoms with Crippen LogP contribution in [0.4, 0.5) is 8.78 Å². The number of rotatable bonds is 4. The monoisotopic (exact) mass is 287 g/mol. The van der Waals surface area contributed by atoms with Crippen molar-refractivity contribution in [2.24, 2.45) is 0 Å². The molecule has 0 atom stereocenters. The van der Waals surface area contributed by atoms with E-state index in [1.165, 1.54) is 17.0 Å². The molecule has 0 saturated heterocycles. The Bertz CT molecular complexity index is 764. The van der Waals surface area contributed by atoms with Crippen molar-refractivity contribution in [3.8, 4) is 5.75 Å². The lowest BCUT2D eigenvalue weighted by Crippen LogP contribution is -2.03. The summed E-state index contributed by atoms with van der Waals surface area (Å²) in [5, 5.41) is 1.18. The fraction of sp³-hybridized carbons (Fsp3) is 0.176. The minimum atomic E-state index is -2.80. The average molecular weight is 287 g/mol. The van der Waals surface area contributed by atoms with Gasteiger partial charge in [0.2, 0.25) is 0 Å². The fourth-order valence-corrected chi connectivity index (χ4v) is 2.47. The van der Waals surface area contributed by atoms with Gasteiger partial charge in [0.25, 0.3) is 0 Å². The second-order valence-corrected chi connectivity index (χ2v) is 5.03. The SMILES string of the molecule is Cc1ccc2c(ccn2Cc2cccc(OC(F)F)c2)c1. The zero-order chi connectivity index (χ0) is 14.8. The van der Waals surface area contributed by atoms with Gasteiger partial charge in [-0.15, -0.1) is 0 Å². The standard InChI is InChI=1S/C17H15F2NO/c1-12-5-6-16-14(9-12)7-8-20(16)11-13-3-2-4-15(10-13)21-17(18)19/h2-10,17H,11H2,1H3. The van der Waals surface area contributed by atoms with E-state index in [2.05, 4.69) is 40.5 Å². The van der Waals surface area contributed by atoms with Crippen LogP contribution < -0.4 is 4.74 Å². The number of hydrogen-bond acceptors (Lipinski definition) is 1. The third-order valence-corrected chi connectivity index (χ3v) is 3.40. The lowest BCUT2D eigenvalue weighted by atomic mass is 10.2. The van der Waals surface area contributed by atoms with Gasteiger partial charge in [-0.2, -0.15) is 8.78 Å². The van der Waals surface area contributed by atoms with E-state index in [4.69, 9.17) is 0 Å². The van der Waals surface area contributed by atoms with Gasteiger partial charge in [0, 0.05) is 18.3 Å². The molecule has 0 aliphatic carbocycles. The zero-order valence-electron chi connectivity index (χ0n) is 11.6. The van der Waals surface area contributed by atoms with Gasteiger partial charge >= 0.3 is 6.61 Å². The third-order valence-electron chi connectivity index (χ3n) is 3.40. The van der Waals surface area contributed by atoms with Crippen molar-refractivity contribution in [2.45, 2.75) is 20.1 Å². The molecule has 0 aliphatic rings. The second-order valence-electron chi connectivity index (χ2n) is 5.03. The van der Waals surface area contributed by atoms with Crippen molar-refractivity contribution >= 4 is 10.9 Å². The molecule has 0 fully saturated rings. The highest BCUT2D eigenvalue weighted by Crippen LogP contribution is 2.21. The highest BCUT2D eigenvalue weighted by molar-refractivity contribution is 5.80. The van der Waals surface area contributed by atoms with Crippen LogP contribution in [0, 0.1) is 6.92 Å². The molecule has 0 amide bonds. The van der Waals surface area contributed by atoms with Crippen LogP contribution in [-0.4, -0.2) is 11.2 Å². The molecular formula is C17H15F2NO. The van der Waals surface area contributed by atoms with Gasteiger partial charge in [-0.1, -0.05) is 23.8 Å². The van der Waals surface area contributed by atoms with Crippen molar-refractivity contribution in [3.63, 3.8) is 0 Å². The summed E-state index contributed by atoms with van der Waals surface area (Å²) < 4.78 is 31.0. The van der Waals surface area contributed by atoms with E-state index in [-0.39, 0.29) is 5.75 Å². The van der Waals surface area contributed by atoms with Gasteiger partial charge < -0.3 is 9.30 Å². The molecule has 3 aromatic rings. The molecule has 1 aromatic heterocycles. The molecule has 4 heteroatoms. The zero-order valence-corrected chi connectivity index (χ0v) is 11.6. The van der Waals surface area contributed by atoms with Crippen molar-refractivity contribution in [1.29, 1.82) is 0 Å². The molecule has 0 saturated carbocycles. The fourth-order valence-electron chi connectivity index (χ4n) is 2.47. The van der Waals surface area contributed by atoms with Gasteiger partial charge in [-0.25, -0.2) is 0 Å². The molecule has 108 valence electrons. The van der Waals surface area contributed by atoms with Gasteiger partial charge in [-0.05, 0) is 48.2 Å². The molecule has 0 unspecified atom stereocenters. The van der Waals surface area contributed by atoms with Crippen LogP contribution in [0.2, 0.25) is 0 Å². The molecule has 2 nitrogen and oxygen atoms in total. The summed E-state index contributed by atoms with van der Waals surface area (Å²) in [6.07, 6.45) is 2.00. The Morgan fingerprint density at radius 3 is 2.76 bits per heavy atom. The summed E-state index contributed by atoms with van der Waals surface area (Å²) in [4.78, 5) is 0. The summed E-state index contributed by atoms with van der Waals surface area (Å²) >= 11 is 0. The van der Waals surface area contributed by atoms with Crippen LogP contribution in [0.15, 0.2) is 54.7 Å². The first kappa shape index (κ1) is 13.6. The van der Waals surface area contributed by atoms with Crippen molar-refractivity contribution in [2.75, 3.05) is 0 Å². The van der Waals surface area contributed by atoms with E-state index in [1.54, 1.807) is 12.1 Å². The maximum atomic E-state index is 12.2. The van der Waals surface area contributed by atoms with E-state index in [0.717, 1.165) is 11.1 Å².